The summed E-state index contributed by atoms with van der Waals surface area (Å²) in [5.74, 6) is 1.82. The van der Waals surface area contributed by atoms with E-state index < -0.39 is 0 Å². The topological polar surface area (TPSA) is 38.1 Å². The molecule has 0 aromatic carbocycles. The summed E-state index contributed by atoms with van der Waals surface area (Å²) >= 11 is 0. The van der Waals surface area contributed by atoms with Gasteiger partial charge in [0.2, 0.25) is 0 Å². The van der Waals surface area contributed by atoms with Gasteiger partial charge < -0.3 is 9.84 Å². The summed E-state index contributed by atoms with van der Waals surface area (Å²) in [5.41, 5.74) is 2.26. The van der Waals surface area contributed by atoms with Gasteiger partial charge in [-0.1, -0.05) is 24.9 Å². The van der Waals surface area contributed by atoms with Gasteiger partial charge in [-0.05, 0) is 32.6 Å². The molecule has 1 aliphatic rings. The number of nitrogens with one attached hydrogen (secondary N) is 1. The SMILES string of the molecule is CCC1CCCC1NCc1c(C)noc1C. The summed E-state index contributed by atoms with van der Waals surface area (Å²) in [6.07, 6.45) is 5.37. The molecular weight excluding hydrogens is 200 g/mol. The standard InChI is InChI=1S/C13H22N2O/c1-4-11-6-5-7-13(11)14-8-12-9(2)15-16-10(12)3/h11,13-14H,4-8H2,1-3H3. The molecule has 3 heteroatoms. The fourth-order valence-electron chi connectivity index (χ4n) is 2.78. The van der Waals surface area contributed by atoms with Crippen molar-refractivity contribution in [3.63, 3.8) is 0 Å². The molecule has 2 unspecified atom stereocenters. The zero-order valence-electron chi connectivity index (χ0n) is 10.5. The Kier molecular flexibility index (Phi) is 3.64. The van der Waals surface area contributed by atoms with Gasteiger partial charge in [0, 0.05) is 18.2 Å². The van der Waals surface area contributed by atoms with E-state index in [-0.39, 0.29) is 0 Å². The summed E-state index contributed by atoms with van der Waals surface area (Å²) in [6, 6.07) is 0.693. The van der Waals surface area contributed by atoms with Gasteiger partial charge in [0.1, 0.15) is 5.76 Å². The first-order chi connectivity index (χ1) is 7.72. The molecule has 90 valence electrons. The van der Waals surface area contributed by atoms with Gasteiger partial charge in [-0.2, -0.15) is 0 Å². The van der Waals surface area contributed by atoms with E-state index in [1.54, 1.807) is 0 Å². The van der Waals surface area contributed by atoms with Crippen molar-refractivity contribution in [1.82, 2.24) is 10.5 Å². The minimum atomic E-state index is 0.693. The van der Waals surface area contributed by atoms with Crippen LogP contribution in [0.2, 0.25) is 0 Å². The Hall–Kier alpha value is -0.830. The molecule has 16 heavy (non-hydrogen) atoms. The highest BCUT2D eigenvalue weighted by atomic mass is 16.5. The monoisotopic (exact) mass is 222 g/mol. The zero-order chi connectivity index (χ0) is 11.5. The van der Waals surface area contributed by atoms with E-state index in [0.717, 1.165) is 23.9 Å². The van der Waals surface area contributed by atoms with Gasteiger partial charge in [-0.3, -0.25) is 0 Å². The lowest BCUT2D eigenvalue weighted by molar-refractivity contribution is 0.381. The Morgan fingerprint density at radius 3 is 2.81 bits per heavy atom. The molecular formula is C13H22N2O. The maximum Gasteiger partial charge on any atom is 0.138 e. The van der Waals surface area contributed by atoms with E-state index in [4.69, 9.17) is 4.52 Å². The lowest BCUT2D eigenvalue weighted by Crippen LogP contribution is -2.31. The third kappa shape index (κ3) is 2.29. The predicted molar refractivity (Wildman–Crippen MR) is 64.2 cm³/mol. The minimum Gasteiger partial charge on any atom is -0.361 e. The van der Waals surface area contributed by atoms with Crippen molar-refractivity contribution in [2.24, 2.45) is 5.92 Å². The van der Waals surface area contributed by atoms with E-state index in [1.807, 2.05) is 13.8 Å². The molecule has 3 nitrogen and oxygen atoms in total. The number of aryl methyl sites for hydroxylation is 2. The molecule has 0 aliphatic heterocycles. The van der Waals surface area contributed by atoms with E-state index in [0.29, 0.717) is 6.04 Å². The summed E-state index contributed by atoms with van der Waals surface area (Å²) in [4.78, 5) is 0. The second-order valence-electron chi connectivity index (χ2n) is 4.89. The summed E-state index contributed by atoms with van der Waals surface area (Å²) in [7, 11) is 0. The summed E-state index contributed by atoms with van der Waals surface area (Å²) in [5, 5.41) is 7.65. The molecule has 1 fully saturated rings. The summed E-state index contributed by atoms with van der Waals surface area (Å²) < 4.78 is 5.17. The van der Waals surface area contributed by atoms with Crippen LogP contribution in [0.4, 0.5) is 0 Å². The van der Waals surface area contributed by atoms with E-state index >= 15 is 0 Å². The highest BCUT2D eigenvalue weighted by Gasteiger charge is 2.25. The van der Waals surface area contributed by atoms with Crippen LogP contribution in [0.5, 0.6) is 0 Å². The lowest BCUT2D eigenvalue weighted by Gasteiger charge is -2.19. The average molecular weight is 222 g/mol. The molecule has 1 aromatic heterocycles. The molecule has 1 aromatic rings. The van der Waals surface area contributed by atoms with Gasteiger partial charge in [-0.25, -0.2) is 0 Å². The molecule has 0 amide bonds. The second kappa shape index (κ2) is 5.00. The van der Waals surface area contributed by atoms with Crippen molar-refractivity contribution >= 4 is 0 Å². The van der Waals surface area contributed by atoms with Crippen LogP contribution in [0.15, 0.2) is 4.52 Å². The number of hydrogen-bond donors (Lipinski definition) is 1. The quantitative estimate of drug-likeness (QED) is 0.851. The lowest BCUT2D eigenvalue weighted by atomic mass is 10.0. The normalized spacial score (nSPS) is 25.2. The first-order valence-corrected chi connectivity index (χ1v) is 6.37. The average Bonchev–Trinajstić information content (AvgIpc) is 2.84. The fraction of sp³-hybridized carbons (Fsp3) is 0.769. The van der Waals surface area contributed by atoms with Gasteiger partial charge in [-0.15, -0.1) is 0 Å². The first kappa shape index (κ1) is 11.6. The molecule has 1 heterocycles. The van der Waals surface area contributed by atoms with Crippen LogP contribution in [0.25, 0.3) is 0 Å². The van der Waals surface area contributed by atoms with Crippen LogP contribution >= 0.6 is 0 Å². The van der Waals surface area contributed by atoms with E-state index in [2.05, 4.69) is 17.4 Å². The Balaban J connectivity index is 1.92. The van der Waals surface area contributed by atoms with Crippen molar-refractivity contribution in [2.45, 2.75) is 59.0 Å². The third-order valence-corrected chi connectivity index (χ3v) is 3.91. The van der Waals surface area contributed by atoms with Crippen molar-refractivity contribution in [2.75, 3.05) is 0 Å². The number of hydrogen-bond acceptors (Lipinski definition) is 3. The zero-order valence-corrected chi connectivity index (χ0v) is 10.5. The molecule has 1 aliphatic carbocycles. The van der Waals surface area contributed by atoms with Crippen molar-refractivity contribution in [3.05, 3.63) is 17.0 Å². The molecule has 0 saturated heterocycles. The Bertz CT molecular complexity index is 326. The molecule has 1 saturated carbocycles. The van der Waals surface area contributed by atoms with Crippen LogP contribution in [-0.2, 0) is 6.54 Å². The van der Waals surface area contributed by atoms with E-state index in [9.17, 15) is 0 Å². The summed E-state index contributed by atoms with van der Waals surface area (Å²) in [6.45, 7) is 7.20. The van der Waals surface area contributed by atoms with Gasteiger partial charge >= 0.3 is 0 Å². The van der Waals surface area contributed by atoms with Crippen LogP contribution in [0.3, 0.4) is 0 Å². The maximum atomic E-state index is 5.17. The Labute approximate surface area is 97.6 Å². The number of rotatable bonds is 4. The van der Waals surface area contributed by atoms with Crippen LogP contribution in [-0.4, -0.2) is 11.2 Å². The first-order valence-electron chi connectivity index (χ1n) is 6.37. The molecule has 0 radical (unpaired) electrons. The molecule has 0 spiro atoms. The largest absolute Gasteiger partial charge is 0.361 e. The van der Waals surface area contributed by atoms with Gasteiger partial charge in [0.15, 0.2) is 0 Å². The fourth-order valence-corrected chi connectivity index (χ4v) is 2.78. The van der Waals surface area contributed by atoms with Crippen molar-refractivity contribution < 1.29 is 4.52 Å². The highest BCUT2D eigenvalue weighted by molar-refractivity contribution is 5.20. The molecule has 0 bridgehead atoms. The second-order valence-corrected chi connectivity index (χ2v) is 4.89. The smallest absolute Gasteiger partial charge is 0.138 e. The van der Waals surface area contributed by atoms with Crippen LogP contribution in [0, 0.1) is 19.8 Å². The maximum absolute atomic E-state index is 5.17. The Morgan fingerprint density at radius 1 is 1.38 bits per heavy atom. The third-order valence-electron chi connectivity index (χ3n) is 3.91. The predicted octanol–water partition coefficient (Wildman–Crippen LogP) is 2.96. The molecule has 2 rings (SSSR count). The van der Waals surface area contributed by atoms with Crippen LogP contribution in [0.1, 0.15) is 49.6 Å². The van der Waals surface area contributed by atoms with Crippen molar-refractivity contribution in [3.8, 4) is 0 Å². The van der Waals surface area contributed by atoms with E-state index in [1.165, 1.54) is 31.2 Å². The van der Waals surface area contributed by atoms with Gasteiger partial charge in [0.25, 0.3) is 0 Å². The van der Waals surface area contributed by atoms with Crippen molar-refractivity contribution in [1.29, 1.82) is 0 Å². The molecule has 1 N–H and O–H groups in total. The highest BCUT2D eigenvalue weighted by Crippen LogP contribution is 2.28. The minimum absolute atomic E-state index is 0.693. The van der Waals surface area contributed by atoms with Gasteiger partial charge in [0.05, 0.1) is 5.69 Å². The number of aromatic nitrogens is 1. The number of nitrogens with zero attached hydrogens (tertiary/aromatic N) is 1. The van der Waals surface area contributed by atoms with Crippen LogP contribution < -0.4 is 5.32 Å². The Morgan fingerprint density at radius 2 is 2.19 bits per heavy atom. The molecule has 2 atom stereocenters.